The first kappa shape index (κ1) is 24.6. The van der Waals surface area contributed by atoms with Crippen molar-refractivity contribution in [1.29, 1.82) is 0 Å². The van der Waals surface area contributed by atoms with E-state index in [-0.39, 0.29) is 12.5 Å². The minimum Gasteiger partial charge on any atom is -0.492 e. The largest absolute Gasteiger partial charge is 0.492 e. The first-order valence-corrected chi connectivity index (χ1v) is 12.5. The lowest BCUT2D eigenvalue weighted by atomic mass is 10.1. The fourth-order valence-electron chi connectivity index (χ4n) is 3.42. The van der Waals surface area contributed by atoms with E-state index >= 15 is 0 Å². The average Bonchev–Trinajstić information content (AvgIpc) is 3.09. The third kappa shape index (κ3) is 6.70. The number of H-pyrrole nitrogens is 1. The molecule has 1 atom stereocenters. The van der Waals surface area contributed by atoms with Crippen molar-refractivity contribution in [3.63, 3.8) is 0 Å². The fourth-order valence-corrected chi connectivity index (χ4v) is 3.98. The third-order valence-electron chi connectivity index (χ3n) is 4.97. The van der Waals surface area contributed by atoms with Crippen LogP contribution in [0.2, 0.25) is 0 Å². The van der Waals surface area contributed by atoms with E-state index in [4.69, 9.17) is 9.47 Å². The number of benzene rings is 2. The van der Waals surface area contributed by atoms with Gasteiger partial charge in [-0.1, -0.05) is 12.1 Å². The van der Waals surface area contributed by atoms with Gasteiger partial charge in [0, 0.05) is 29.7 Å². The van der Waals surface area contributed by atoms with Crippen LogP contribution in [-0.4, -0.2) is 57.0 Å². The summed E-state index contributed by atoms with van der Waals surface area (Å²) in [5.74, 6) is 0.288. The molecule has 33 heavy (non-hydrogen) atoms. The van der Waals surface area contributed by atoms with Gasteiger partial charge in [-0.25, -0.2) is 13.2 Å². The van der Waals surface area contributed by atoms with Crippen LogP contribution in [-0.2, 0) is 14.8 Å². The van der Waals surface area contributed by atoms with Crippen molar-refractivity contribution in [3.8, 4) is 5.75 Å². The van der Waals surface area contributed by atoms with Gasteiger partial charge in [0.15, 0.2) is 0 Å². The molecule has 4 N–H and O–H groups in total. The highest BCUT2D eigenvalue weighted by atomic mass is 32.2. The van der Waals surface area contributed by atoms with Crippen LogP contribution >= 0.6 is 0 Å². The van der Waals surface area contributed by atoms with Crippen LogP contribution in [0.3, 0.4) is 0 Å². The normalized spacial score (nSPS) is 12.5. The Labute approximate surface area is 193 Å². The Bertz CT molecular complexity index is 1220. The van der Waals surface area contributed by atoms with Gasteiger partial charge >= 0.3 is 5.97 Å². The monoisotopic (exact) mass is 475 g/mol. The summed E-state index contributed by atoms with van der Waals surface area (Å²) in [7, 11) is -3.38. The van der Waals surface area contributed by atoms with E-state index < -0.39 is 16.1 Å². The number of nitrogens with one attached hydrogen (secondary N) is 3. The van der Waals surface area contributed by atoms with Gasteiger partial charge in [-0.2, -0.15) is 0 Å². The molecule has 2 aromatic carbocycles. The molecular weight excluding hydrogens is 446 g/mol. The maximum absolute atomic E-state index is 12.1. The van der Waals surface area contributed by atoms with Gasteiger partial charge in [0.25, 0.3) is 0 Å². The number of hydrogen-bond donors (Lipinski definition) is 4. The molecule has 0 aliphatic rings. The number of anilines is 1. The predicted octanol–water partition coefficient (Wildman–Crippen LogP) is 2.73. The Morgan fingerprint density at radius 1 is 1.21 bits per heavy atom. The molecule has 0 bridgehead atoms. The summed E-state index contributed by atoms with van der Waals surface area (Å²) in [5, 5.41) is 14.4. The smallest absolute Gasteiger partial charge is 0.355 e. The minimum atomic E-state index is -3.38. The van der Waals surface area contributed by atoms with Crippen molar-refractivity contribution < 1.29 is 27.8 Å². The Balaban J connectivity index is 1.50. The van der Waals surface area contributed by atoms with Crippen LogP contribution in [0, 0.1) is 6.92 Å². The van der Waals surface area contributed by atoms with E-state index in [2.05, 4.69) is 15.0 Å². The van der Waals surface area contributed by atoms with Crippen LogP contribution in [0.1, 0.15) is 34.6 Å². The Morgan fingerprint density at radius 2 is 2.00 bits per heavy atom. The molecule has 9 nitrogen and oxygen atoms in total. The molecule has 1 heterocycles. The lowest BCUT2D eigenvalue weighted by Crippen LogP contribution is -2.26. The van der Waals surface area contributed by atoms with Crippen molar-refractivity contribution >= 4 is 32.6 Å². The summed E-state index contributed by atoms with van der Waals surface area (Å²) in [4.78, 5) is 15.1. The summed E-state index contributed by atoms with van der Waals surface area (Å²) in [6.45, 7) is 5.09. The Morgan fingerprint density at radius 3 is 2.73 bits per heavy atom. The van der Waals surface area contributed by atoms with Gasteiger partial charge in [-0.15, -0.1) is 0 Å². The second-order valence-corrected chi connectivity index (χ2v) is 9.37. The number of sulfonamides is 1. The zero-order valence-corrected chi connectivity index (χ0v) is 19.7. The lowest BCUT2D eigenvalue weighted by molar-refractivity contribution is 0.0519. The van der Waals surface area contributed by atoms with E-state index in [0.717, 1.165) is 22.7 Å². The number of esters is 1. The van der Waals surface area contributed by atoms with E-state index in [9.17, 15) is 18.3 Å². The summed E-state index contributed by atoms with van der Waals surface area (Å²) in [6.07, 6.45) is 0.276. The number of aromatic amines is 1. The molecule has 0 aliphatic carbocycles. The second kappa shape index (κ2) is 10.7. The second-order valence-electron chi connectivity index (χ2n) is 7.62. The SMILES string of the molecule is CCOC(=O)c1[nH]c2ccc(OCCNC[C@H](O)c3cccc(NS(C)(=O)=O)c3)cc2c1C. The summed E-state index contributed by atoms with van der Waals surface area (Å²) < 4.78 is 36.0. The van der Waals surface area contributed by atoms with Gasteiger partial charge < -0.3 is 24.9 Å². The molecule has 1 aromatic heterocycles. The van der Waals surface area contributed by atoms with Gasteiger partial charge in [0.1, 0.15) is 18.1 Å². The topological polar surface area (TPSA) is 130 Å². The van der Waals surface area contributed by atoms with Crippen molar-refractivity contribution in [1.82, 2.24) is 10.3 Å². The standard InChI is InChI=1S/C23H29N3O6S/c1-4-31-23(28)22-15(2)19-13-18(8-9-20(19)25-22)32-11-10-24-14-21(27)16-6-5-7-17(12-16)26-33(3,29)30/h5-9,12-13,21,24-27H,4,10-11,14H2,1-3H3/t21-/m0/s1. The molecule has 0 radical (unpaired) electrons. The number of aliphatic hydroxyl groups excluding tert-OH is 1. The molecule has 10 heteroatoms. The Hall–Kier alpha value is -3.08. The number of ether oxygens (including phenoxy) is 2. The van der Waals surface area contributed by atoms with Crippen LogP contribution in [0.15, 0.2) is 42.5 Å². The number of rotatable bonds is 11. The van der Waals surface area contributed by atoms with Crippen LogP contribution in [0.4, 0.5) is 5.69 Å². The van der Waals surface area contributed by atoms with Crippen molar-refractivity contribution in [2.75, 3.05) is 37.3 Å². The number of fused-ring (bicyclic) bond motifs is 1. The van der Waals surface area contributed by atoms with Crippen molar-refractivity contribution in [2.45, 2.75) is 20.0 Å². The summed E-state index contributed by atoms with van der Waals surface area (Å²) in [5.41, 5.74) is 3.08. The summed E-state index contributed by atoms with van der Waals surface area (Å²) >= 11 is 0. The van der Waals surface area contributed by atoms with Crippen molar-refractivity contribution in [3.05, 3.63) is 59.3 Å². The minimum absolute atomic E-state index is 0.282. The van der Waals surface area contributed by atoms with Gasteiger partial charge in [0.05, 0.1) is 19.0 Å². The van der Waals surface area contributed by atoms with Gasteiger partial charge in [0.2, 0.25) is 10.0 Å². The number of hydrogen-bond acceptors (Lipinski definition) is 7. The molecule has 0 aliphatic heterocycles. The maximum Gasteiger partial charge on any atom is 0.355 e. The van der Waals surface area contributed by atoms with Gasteiger partial charge in [-0.05, 0) is 55.3 Å². The Kier molecular flexibility index (Phi) is 7.96. The molecule has 3 aromatic rings. The van der Waals surface area contributed by atoms with Crippen LogP contribution in [0.25, 0.3) is 10.9 Å². The average molecular weight is 476 g/mol. The number of aryl methyl sites for hydroxylation is 1. The molecule has 0 saturated carbocycles. The first-order chi connectivity index (χ1) is 15.7. The highest BCUT2D eigenvalue weighted by molar-refractivity contribution is 7.92. The quantitative estimate of drug-likeness (QED) is 0.248. The highest BCUT2D eigenvalue weighted by Crippen LogP contribution is 2.26. The number of aromatic nitrogens is 1. The fraction of sp³-hybridized carbons (Fsp3) is 0.348. The number of carbonyl (C=O) groups excluding carboxylic acids is 1. The van der Waals surface area contributed by atoms with Gasteiger partial charge in [-0.3, -0.25) is 4.72 Å². The first-order valence-electron chi connectivity index (χ1n) is 10.6. The van der Waals surface area contributed by atoms with Crippen LogP contribution < -0.4 is 14.8 Å². The number of carbonyl (C=O) groups is 1. The molecular formula is C23H29N3O6S. The number of aliphatic hydroxyl groups is 1. The molecule has 0 spiro atoms. The van der Waals surface area contributed by atoms with Crippen molar-refractivity contribution in [2.24, 2.45) is 0 Å². The molecule has 0 unspecified atom stereocenters. The molecule has 0 amide bonds. The van der Waals surface area contributed by atoms with E-state index in [1.807, 2.05) is 25.1 Å². The third-order valence-corrected chi connectivity index (χ3v) is 5.58. The maximum atomic E-state index is 12.1. The molecule has 0 saturated heterocycles. The molecule has 178 valence electrons. The van der Waals surface area contributed by atoms with E-state index in [0.29, 0.717) is 42.5 Å². The highest BCUT2D eigenvalue weighted by Gasteiger charge is 2.16. The molecule has 3 rings (SSSR count). The predicted molar refractivity (Wildman–Crippen MR) is 127 cm³/mol. The van der Waals surface area contributed by atoms with E-state index in [1.165, 1.54) is 0 Å². The summed E-state index contributed by atoms with van der Waals surface area (Å²) in [6, 6.07) is 12.2. The lowest BCUT2D eigenvalue weighted by Gasteiger charge is -2.14. The zero-order valence-electron chi connectivity index (χ0n) is 18.8. The zero-order chi connectivity index (χ0) is 24.0. The van der Waals surface area contributed by atoms with Crippen LogP contribution in [0.5, 0.6) is 5.75 Å². The van der Waals surface area contributed by atoms with E-state index in [1.54, 1.807) is 31.2 Å². The molecule has 0 fully saturated rings.